The second-order valence-corrected chi connectivity index (χ2v) is 20.5. The van der Waals surface area contributed by atoms with Crippen LogP contribution in [0, 0.1) is 58.2 Å². The topological polar surface area (TPSA) is 55.4 Å². The lowest BCUT2D eigenvalue weighted by Crippen LogP contribution is -2.60. The largest absolute Gasteiger partial charge is 0.312 e. The van der Waals surface area contributed by atoms with Crippen molar-refractivity contribution in [2.75, 3.05) is 0 Å². The average Bonchev–Trinajstić information content (AvgIpc) is 3.57. The van der Waals surface area contributed by atoms with Crippen LogP contribution in [0.3, 0.4) is 0 Å². The van der Waals surface area contributed by atoms with Gasteiger partial charge >= 0.3 is 0 Å². The highest BCUT2D eigenvalue weighted by Crippen LogP contribution is 2.66. The number of hydrogen-bond acceptors (Lipinski definition) is 6. The first-order chi connectivity index (χ1) is 22.9. The second kappa shape index (κ2) is 10.8. The van der Waals surface area contributed by atoms with Crippen LogP contribution >= 0.6 is 0 Å². The van der Waals surface area contributed by atoms with Crippen molar-refractivity contribution in [2.24, 2.45) is 58.2 Å². The first kappa shape index (κ1) is 31.7. The van der Waals surface area contributed by atoms with Gasteiger partial charge in [-0.05, 0) is 129 Å². The summed E-state index contributed by atoms with van der Waals surface area (Å²) >= 11 is 0. The first-order valence-corrected chi connectivity index (χ1v) is 20.1. The van der Waals surface area contributed by atoms with Gasteiger partial charge in [0, 0.05) is 49.4 Å². The van der Waals surface area contributed by atoms with Crippen molar-refractivity contribution in [2.45, 2.75) is 166 Å². The molecule has 0 aromatic heterocycles. The van der Waals surface area contributed by atoms with Gasteiger partial charge in [0.05, 0.1) is 0 Å². The molecule has 2 heterocycles. The number of rotatable bonds is 1. The summed E-state index contributed by atoms with van der Waals surface area (Å²) in [6, 6.07) is 10.9. The van der Waals surface area contributed by atoms with Crippen LogP contribution in [-0.2, 0) is 29.0 Å². The quantitative estimate of drug-likeness (QED) is 0.280. The van der Waals surface area contributed by atoms with Crippen LogP contribution in [0.25, 0.3) is 0 Å². The Morgan fingerprint density at radius 3 is 1.35 bits per heavy atom. The van der Waals surface area contributed by atoms with Crippen LogP contribution in [0.15, 0.2) is 30.3 Å². The maximum atomic E-state index is 6.88. The normalized spacial score (nSPS) is 51.2. The average molecular weight is 661 g/mol. The smallest absolute Gasteiger partial charge is 0.210 e. The Hall–Kier alpha value is -1.02. The Bertz CT molecular complexity index is 1300. The molecule has 10 saturated carbocycles. The minimum absolute atomic E-state index is 0.239. The summed E-state index contributed by atoms with van der Waals surface area (Å²) in [5.41, 5.74) is 1.94. The van der Waals surface area contributed by atoms with Crippen LogP contribution in [0.1, 0.15) is 148 Å². The lowest BCUT2D eigenvalue weighted by molar-refractivity contribution is -0.393. The van der Waals surface area contributed by atoms with Crippen molar-refractivity contribution in [3.63, 3.8) is 0 Å². The van der Waals surface area contributed by atoms with Gasteiger partial charge < -0.3 is 9.47 Å². The zero-order chi connectivity index (χ0) is 32.6. The third kappa shape index (κ3) is 5.07. The molecule has 4 spiro atoms. The standard InChI is InChI=1S/C22H28O3.C20H32O3/c1-2-4-17(5-3-1)18-6-8-21(9-7-18)23-22(25-24-21)19-11-15-10-16(13-19)14-20(22)12-15;1-17(2)10-18(3,4)12-19(11-17)21-20(23-22-19)15-6-13-5-14(8-15)9-16(20)7-13/h1-5,15-16,18-20H,6-14H2;13-16H,5-12H2,1-4H3. The van der Waals surface area contributed by atoms with Gasteiger partial charge in [0.1, 0.15) is 0 Å². The molecule has 12 fully saturated rings. The zero-order valence-corrected chi connectivity index (χ0v) is 30.1. The predicted octanol–water partition coefficient (Wildman–Crippen LogP) is 10.2. The van der Waals surface area contributed by atoms with Crippen LogP contribution in [0.2, 0.25) is 0 Å². The van der Waals surface area contributed by atoms with Gasteiger partial charge in [-0.15, -0.1) is 0 Å². The highest BCUT2D eigenvalue weighted by molar-refractivity contribution is 5.20. The van der Waals surface area contributed by atoms with Crippen LogP contribution in [-0.4, -0.2) is 23.1 Å². The summed E-state index contributed by atoms with van der Waals surface area (Å²) < 4.78 is 13.7. The molecule has 13 rings (SSSR count). The second-order valence-electron chi connectivity index (χ2n) is 20.5. The van der Waals surface area contributed by atoms with Gasteiger partial charge in [-0.25, -0.2) is 0 Å². The predicted molar refractivity (Wildman–Crippen MR) is 181 cm³/mol. The van der Waals surface area contributed by atoms with Crippen LogP contribution in [0.4, 0.5) is 0 Å². The molecule has 6 heteroatoms. The Kier molecular flexibility index (Phi) is 7.11. The summed E-state index contributed by atoms with van der Waals surface area (Å²) in [5, 5.41) is 0. The number of ether oxygens (including phenoxy) is 2. The van der Waals surface area contributed by atoms with E-state index in [0.717, 1.165) is 62.2 Å². The Balaban J connectivity index is 0.000000124. The van der Waals surface area contributed by atoms with Crippen molar-refractivity contribution in [1.29, 1.82) is 0 Å². The summed E-state index contributed by atoms with van der Waals surface area (Å²) in [6.07, 6.45) is 20.5. The maximum absolute atomic E-state index is 6.88. The molecule has 48 heavy (non-hydrogen) atoms. The van der Waals surface area contributed by atoms with Gasteiger partial charge in [-0.1, -0.05) is 58.0 Å². The molecular weight excluding hydrogens is 600 g/mol. The molecule has 0 unspecified atom stereocenters. The summed E-state index contributed by atoms with van der Waals surface area (Å²) in [7, 11) is 0. The van der Waals surface area contributed by atoms with Crippen molar-refractivity contribution < 1.29 is 29.0 Å². The zero-order valence-electron chi connectivity index (χ0n) is 30.1. The molecule has 0 atom stereocenters. The molecule has 264 valence electrons. The van der Waals surface area contributed by atoms with E-state index in [0.29, 0.717) is 29.6 Å². The maximum Gasteiger partial charge on any atom is 0.210 e. The third-order valence-corrected chi connectivity index (χ3v) is 15.4. The number of hydrogen-bond donors (Lipinski definition) is 0. The van der Waals surface area contributed by atoms with E-state index in [9.17, 15) is 0 Å². The van der Waals surface area contributed by atoms with Gasteiger partial charge in [0.2, 0.25) is 23.1 Å². The van der Waals surface area contributed by atoms with Gasteiger partial charge in [-0.2, -0.15) is 19.6 Å². The van der Waals surface area contributed by atoms with E-state index in [4.69, 9.17) is 29.0 Å². The summed E-state index contributed by atoms with van der Waals surface area (Å²) in [5.74, 6) is 4.76. The Morgan fingerprint density at radius 2 is 0.896 bits per heavy atom. The van der Waals surface area contributed by atoms with Gasteiger partial charge in [0.25, 0.3) is 0 Å². The molecule has 2 saturated heterocycles. The summed E-state index contributed by atoms with van der Waals surface area (Å²) in [4.78, 5) is 24.4. The Labute approximate surface area is 288 Å². The van der Waals surface area contributed by atoms with Crippen LogP contribution in [0.5, 0.6) is 0 Å². The SMILES string of the molecule is CC1(C)CC(C)(C)CC2(C1)OOC1(O2)C2CC3CC(C2)CC1C3.c1ccc(C2CCC3(CC2)OOC2(O3)C3CC4CC(C3)CC2C4)cc1. The molecule has 1 aromatic rings. The molecular formula is C42H60O6. The lowest BCUT2D eigenvalue weighted by Gasteiger charge is -2.57. The van der Waals surface area contributed by atoms with E-state index >= 15 is 0 Å². The first-order valence-electron chi connectivity index (χ1n) is 20.1. The minimum atomic E-state index is -0.513. The van der Waals surface area contributed by atoms with Crippen molar-refractivity contribution in [3.05, 3.63) is 35.9 Å². The molecule has 0 radical (unpaired) electrons. The fourth-order valence-corrected chi connectivity index (χ4v) is 14.6. The van der Waals surface area contributed by atoms with E-state index in [1.165, 1.54) is 76.2 Å². The molecule has 10 aliphatic carbocycles. The lowest BCUT2D eigenvalue weighted by atomic mass is 9.53. The summed E-state index contributed by atoms with van der Waals surface area (Å²) in [6.45, 7) is 9.41. The van der Waals surface area contributed by atoms with Gasteiger partial charge in [0.15, 0.2) is 0 Å². The van der Waals surface area contributed by atoms with E-state index < -0.39 is 23.1 Å². The monoisotopic (exact) mass is 660 g/mol. The van der Waals surface area contributed by atoms with Crippen molar-refractivity contribution >= 4 is 0 Å². The molecule has 12 aliphatic rings. The van der Waals surface area contributed by atoms with Crippen LogP contribution < -0.4 is 0 Å². The molecule has 1 aromatic carbocycles. The van der Waals surface area contributed by atoms with E-state index in [-0.39, 0.29) is 10.8 Å². The number of benzene rings is 1. The molecule has 2 aliphatic heterocycles. The minimum Gasteiger partial charge on any atom is -0.312 e. The van der Waals surface area contributed by atoms with E-state index in [1.54, 1.807) is 0 Å². The fraction of sp³-hybridized carbons (Fsp3) is 0.857. The molecule has 0 amide bonds. The Morgan fingerprint density at radius 1 is 0.479 bits per heavy atom. The van der Waals surface area contributed by atoms with E-state index in [2.05, 4.69) is 58.0 Å². The third-order valence-electron chi connectivity index (χ3n) is 15.4. The van der Waals surface area contributed by atoms with Gasteiger partial charge in [-0.3, -0.25) is 0 Å². The van der Waals surface area contributed by atoms with Crippen molar-refractivity contribution in [1.82, 2.24) is 0 Å². The van der Waals surface area contributed by atoms with E-state index in [1.807, 2.05) is 0 Å². The molecule has 8 bridgehead atoms. The fourth-order valence-electron chi connectivity index (χ4n) is 14.6. The van der Waals surface area contributed by atoms with Crippen molar-refractivity contribution in [3.8, 4) is 0 Å². The highest BCUT2D eigenvalue weighted by Gasteiger charge is 2.69. The molecule has 0 N–H and O–H groups in total. The highest BCUT2D eigenvalue weighted by atomic mass is 17.3. The molecule has 6 nitrogen and oxygen atoms in total.